The lowest BCUT2D eigenvalue weighted by atomic mass is 9.85. The van der Waals surface area contributed by atoms with Crippen molar-refractivity contribution >= 4 is 5.91 Å². The molecule has 0 heterocycles. The van der Waals surface area contributed by atoms with Gasteiger partial charge in [0, 0.05) is 18.6 Å². The third-order valence-corrected chi connectivity index (χ3v) is 4.82. The van der Waals surface area contributed by atoms with Crippen molar-refractivity contribution in [3.05, 3.63) is 0 Å². The number of hydrogen-bond acceptors (Lipinski definition) is 3. The first kappa shape index (κ1) is 14.3. The summed E-state index contributed by atoms with van der Waals surface area (Å²) in [4.78, 5) is 12.4. The molecule has 0 radical (unpaired) electrons. The first-order valence-electron chi connectivity index (χ1n) is 7.55. The fourth-order valence-electron chi connectivity index (χ4n) is 3.47. The van der Waals surface area contributed by atoms with Gasteiger partial charge in [-0.2, -0.15) is 5.26 Å². The fourth-order valence-corrected chi connectivity index (χ4v) is 3.47. The molecule has 19 heavy (non-hydrogen) atoms. The Labute approximate surface area is 115 Å². The van der Waals surface area contributed by atoms with Gasteiger partial charge < -0.3 is 10.4 Å². The van der Waals surface area contributed by atoms with Crippen molar-refractivity contribution < 1.29 is 9.90 Å². The van der Waals surface area contributed by atoms with Gasteiger partial charge in [-0.05, 0) is 25.7 Å². The monoisotopic (exact) mass is 264 g/mol. The average Bonchev–Trinajstić information content (AvgIpc) is 2.81. The number of aliphatic hydroxyl groups is 1. The molecule has 0 aromatic carbocycles. The van der Waals surface area contributed by atoms with Crippen LogP contribution in [0, 0.1) is 22.7 Å². The smallest absolute Gasteiger partial charge is 0.240 e. The number of hydrogen-bond donors (Lipinski definition) is 2. The first-order chi connectivity index (χ1) is 9.22. The van der Waals surface area contributed by atoms with Gasteiger partial charge in [0.2, 0.25) is 5.91 Å². The van der Waals surface area contributed by atoms with Crippen LogP contribution in [0.3, 0.4) is 0 Å². The molecule has 2 aliphatic rings. The van der Waals surface area contributed by atoms with Gasteiger partial charge in [-0.1, -0.05) is 32.1 Å². The van der Waals surface area contributed by atoms with Crippen molar-refractivity contribution in [1.82, 2.24) is 5.32 Å². The van der Waals surface area contributed by atoms with Gasteiger partial charge in [0.1, 0.15) is 5.41 Å². The Morgan fingerprint density at radius 1 is 1.21 bits per heavy atom. The topological polar surface area (TPSA) is 73.1 Å². The van der Waals surface area contributed by atoms with Crippen LogP contribution in [-0.2, 0) is 4.79 Å². The number of carbonyl (C=O) groups excluding carboxylic acids is 1. The summed E-state index contributed by atoms with van der Waals surface area (Å²) in [5.41, 5.74) is -0.799. The van der Waals surface area contributed by atoms with Crippen molar-refractivity contribution in [1.29, 1.82) is 5.26 Å². The lowest BCUT2D eigenvalue weighted by Gasteiger charge is -2.28. The largest absolute Gasteiger partial charge is 0.396 e. The molecule has 0 saturated heterocycles. The molecular weight excluding hydrogens is 240 g/mol. The van der Waals surface area contributed by atoms with Crippen molar-refractivity contribution in [2.45, 2.75) is 63.8 Å². The average molecular weight is 264 g/mol. The number of aliphatic hydroxyl groups excluding tert-OH is 1. The zero-order valence-corrected chi connectivity index (χ0v) is 11.5. The number of carbonyl (C=O) groups is 1. The lowest BCUT2D eigenvalue weighted by molar-refractivity contribution is -0.129. The van der Waals surface area contributed by atoms with Crippen molar-refractivity contribution in [3.63, 3.8) is 0 Å². The zero-order valence-electron chi connectivity index (χ0n) is 11.5. The summed E-state index contributed by atoms with van der Waals surface area (Å²) in [5, 5.41) is 21.9. The van der Waals surface area contributed by atoms with E-state index < -0.39 is 5.41 Å². The number of nitrogens with one attached hydrogen (secondary N) is 1. The zero-order chi connectivity index (χ0) is 13.7. The Bertz CT molecular complexity index is 356. The Balaban J connectivity index is 2.02. The van der Waals surface area contributed by atoms with Crippen LogP contribution in [0.15, 0.2) is 0 Å². The molecule has 2 fully saturated rings. The minimum absolute atomic E-state index is 0.0471. The van der Waals surface area contributed by atoms with Crippen LogP contribution in [0.4, 0.5) is 0 Å². The highest BCUT2D eigenvalue weighted by atomic mass is 16.3. The standard InChI is InChI=1S/C15H24N2O2/c16-11-15(8-4-5-9-15)14(19)17-13-7-3-1-2-6-12(13)10-18/h12-13,18H,1-10H2,(H,17,19). The third kappa shape index (κ3) is 3.09. The molecule has 0 aromatic heterocycles. The summed E-state index contributed by atoms with van der Waals surface area (Å²) < 4.78 is 0. The van der Waals surface area contributed by atoms with E-state index in [4.69, 9.17) is 0 Å². The molecule has 1 amide bonds. The molecule has 106 valence electrons. The second kappa shape index (κ2) is 6.38. The normalized spacial score (nSPS) is 30.3. The Kier molecular flexibility index (Phi) is 4.81. The van der Waals surface area contributed by atoms with Crippen LogP contribution >= 0.6 is 0 Å². The molecule has 4 heteroatoms. The number of nitrogens with zero attached hydrogens (tertiary/aromatic N) is 1. The molecule has 4 nitrogen and oxygen atoms in total. The SMILES string of the molecule is N#CC1(C(=O)NC2CCCCCC2CO)CCCC1. The molecule has 2 aliphatic carbocycles. The van der Waals surface area contributed by atoms with Crippen LogP contribution in [0.25, 0.3) is 0 Å². The second-order valence-electron chi connectivity index (χ2n) is 6.06. The predicted octanol–water partition coefficient (Wildman–Crippen LogP) is 2.13. The molecule has 0 spiro atoms. The van der Waals surface area contributed by atoms with Gasteiger partial charge in [0.25, 0.3) is 0 Å². The summed E-state index contributed by atoms with van der Waals surface area (Å²) in [7, 11) is 0. The van der Waals surface area contributed by atoms with Crippen molar-refractivity contribution in [2.75, 3.05) is 6.61 Å². The van der Waals surface area contributed by atoms with Gasteiger partial charge >= 0.3 is 0 Å². The van der Waals surface area contributed by atoms with Gasteiger partial charge in [-0.15, -0.1) is 0 Å². The molecule has 2 saturated carbocycles. The summed E-state index contributed by atoms with van der Waals surface area (Å²) in [6, 6.07) is 2.29. The van der Waals surface area contributed by atoms with E-state index in [0.717, 1.165) is 38.5 Å². The fraction of sp³-hybridized carbons (Fsp3) is 0.867. The van der Waals surface area contributed by atoms with E-state index in [1.54, 1.807) is 0 Å². The minimum Gasteiger partial charge on any atom is -0.396 e. The van der Waals surface area contributed by atoms with E-state index in [0.29, 0.717) is 12.8 Å². The minimum atomic E-state index is -0.799. The molecule has 0 aromatic rings. The Hall–Kier alpha value is -1.08. The molecule has 2 atom stereocenters. The van der Waals surface area contributed by atoms with E-state index in [1.807, 2.05) is 0 Å². The summed E-state index contributed by atoms with van der Waals surface area (Å²) in [5.74, 6) is 0.0569. The number of amides is 1. The molecule has 2 N–H and O–H groups in total. The van der Waals surface area contributed by atoms with Crippen molar-refractivity contribution in [3.8, 4) is 6.07 Å². The maximum Gasteiger partial charge on any atom is 0.240 e. The Morgan fingerprint density at radius 3 is 2.53 bits per heavy atom. The van der Waals surface area contributed by atoms with Gasteiger partial charge in [-0.25, -0.2) is 0 Å². The number of rotatable bonds is 3. The van der Waals surface area contributed by atoms with E-state index in [1.165, 1.54) is 6.42 Å². The molecule has 0 aliphatic heterocycles. The van der Waals surface area contributed by atoms with E-state index in [2.05, 4.69) is 11.4 Å². The van der Waals surface area contributed by atoms with Crippen LogP contribution in [0.1, 0.15) is 57.8 Å². The van der Waals surface area contributed by atoms with Crippen LogP contribution in [-0.4, -0.2) is 23.7 Å². The molecule has 2 rings (SSSR count). The van der Waals surface area contributed by atoms with E-state index >= 15 is 0 Å². The third-order valence-electron chi connectivity index (χ3n) is 4.82. The highest BCUT2D eigenvalue weighted by Gasteiger charge is 2.42. The summed E-state index contributed by atoms with van der Waals surface area (Å²) in [6.45, 7) is 0.129. The second-order valence-corrected chi connectivity index (χ2v) is 6.06. The maximum absolute atomic E-state index is 12.4. The molecule has 2 unspecified atom stereocenters. The number of nitriles is 1. The van der Waals surface area contributed by atoms with Gasteiger partial charge in [0.15, 0.2) is 0 Å². The predicted molar refractivity (Wildman–Crippen MR) is 72.1 cm³/mol. The summed E-state index contributed by atoms with van der Waals surface area (Å²) >= 11 is 0. The van der Waals surface area contributed by atoms with Crippen LogP contribution < -0.4 is 5.32 Å². The highest BCUT2D eigenvalue weighted by Crippen LogP contribution is 2.38. The quantitative estimate of drug-likeness (QED) is 0.767. The van der Waals surface area contributed by atoms with E-state index in [-0.39, 0.29) is 24.5 Å². The van der Waals surface area contributed by atoms with E-state index in [9.17, 15) is 15.2 Å². The lowest BCUT2D eigenvalue weighted by Crippen LogP contribution is -2.47. The van der Waals surface area contributed by atoms with Crippen LogP contribution in [0.5, 0.6) is 0 Å². The van der Waals surface area contributed by atoms with Crippen LogP contribution in [0.2, 0.25) is 0 Å². The van der Waals surface area contributed by atoms with Crippen molar-refractivity contribution in [2.24, 2.45) is 11.3 Å². The summed E-state index contributed by atoms with van der Waals surface area (Å²) in [6.07, 6.45) is 8.61. The maximum atomic E-state index is 12.4. The van der Waals surface area contributed by atoms with Gasteiger partial charge in [0.05, 0.1) is 6.07 Å². The van der Waals surface area contributed by atoms with Gasteiger partial charge in [-0.3, -0.25) is 4.79 Å². The molecular formula is C15H24N2O2. The highest BCUT2D eigenvalue weighted by molar-refractivity contribution is 5.86. The Morgan fingerprint density at radius 2 is 1.89 bits per heavy atom. The molecule has 0 bridgehead atoms. The first-order valence-corrected chi connectivity index (χ1v) is 7.55.